The first-order valence-electron chi connectivity index (χ1n) is 6.34. The molecular weight excluding hydrogens is 278 g/mol. The second-order valence-electron chi connectivity index (χ2n) is 4.65. The minimum atomic E-state index is 0.989. The van der Waals surface area contributed by atoms with Crippen molar-refractivity contribution in [2.24, 2.45) is 0 Å². The van der Waals surface area contributed by atoms with Crippen LogP contribution in [0.3, 0.4) is 0 Å². The summed E-state index contributed by atoms with van der Waals surface area (Å²) in [6.45, 7) is 3.45. The Hall–Kier alpha value is -0.540. The maximum absolute atomic E-state index is 5.44. The SMILES string of the molecule is COc1cc(Br)ccc1CN1CCCCCC1. The van der Waals surface area contributed by atoms with Crippen LogP contribution >= 0.6 is 15.9 Å². The largest absolute Gasteiger partial charge is 0.496 e. The van der Waals surface area contributed by atoms with Gasteiger partial charge in [0.25, 0.3) is 0 Å². The molecule has 0 aromatic heterocycles. The number of methoxy groups -OCH3 is 1. The van der Waals surface area contributed by atoms with Crippen molar-refractivity contribution in [3.8, 4) is 5.75 Å². The Balaban J connectivity index is 2.06. The van der Waals surface area contributed by atoms with E-state index in [1.54, 1.807) is 7.11 Å². The van der Waals surface area contributed by atoms with E-state index in [4.69, 9.17) is 4.74 Å². The highest BCUT2D eigenvalue weighted by atomic mass is 79.9. The third kappa shape index (κ3) is 3.71. The lowest BCUT2D eigenvalue weighted by molar-refractivity contribution is 0.271. The summed E-state index contributed by atoms with van der Waals surface area (Å²) in [5.41, 5.74) is 1.29. The van der Waals surface area contributed by atoms with Crippen LogP contribution in [0, 0.1) is 0 Å². The minimum absolute atomic E-state index is 0.989. The normalized spacial score (nSPS) is 17.8. The zero-order valence-electron chi connectivity index (χ0n) is 10.4. The molecule has 0 spiro atoms. The molecule has 0 atom stereocenters. The Morgan fingerprint density at radius 3 is 2.53 bits per heavy atom. The Morgan fingerprint density at radius 1 is 1.18 bits per heavy atom. The average molecular weight is 298 g/mol. The van der Waals surface area contributed by atoms with E-state index in [0.717, 1.165) is 16.8 Å². The van der Waals surface area contributed by atoms with Crippen LogP contribution in [0.1, 0.15) is 31.2 Å². The zero-order valence-corrected chi connectivity index (χ0v) is 12.0. The number of likely N-dealkylation sites (tertiary alicyclic amines) is 1. The van der Waals surface area contributed by atoms with Crippen LogP contribution in [-0.2, 0) is 6.54 Å². The fourth-order valence-electron chi connectivity index (χ4n) is 2.38. The van der Waals surface area contributed by atoms with Gasteiger partial charge >= 0.3 is 0 Å². The molecule has 17 heavy (non-hydrogen) atoms. The molecule has 0 amide bonds. The Bertz CT molecular complexity index is 359. The Kier molecular flexibility index (Phi) is 4.86. The number of rotatable bonds is 3. The number of nitrogens with zero attached hydrogens (tertiary/aromatic N) is 1. The van der Waals surface area contributed by atoms with Crippen LogP contribution in [0.5, 0.6) is 5.75 Å². The van der Waals surface area contributed by atoms with E-state index in [2.05, 4.69) is 33.0 Å². The number of hydrogen-bond acceptors (Lipinski definition) is 2. The molecule has 1 aromatic carbocycles. The quantitative estimate of drug-likeness (QED) is 0.841. The van der Waals surface area contributed by atoms with Crippen molar-refractivity contribution in [2.75, 3.05) is 20.2 Å². The van der Waals surface area contributed by atoms with Gasteiger partial charge in [-0.2, -0.15) is 0 Å². The van der Waals surface area contributed by atoms with Gasteiger partial charge in [-0.05, 0) is 38.1 Å². The van der Waals surface area contributed by atoms with E-state index >= 15 is 0 Å². The molecule has 0 bridgehead atoms. The van der Waals surface area contributed by atoms with Gasteiger partial charge in [-0.1, -0.05) is 34.8 Å². The van der Waals surface area contributed by atoms with Crippen LogP contribution in [0.2, 0.25) is 0 Å². The van der Waals surface area contributed by atoms with Gasteiger partial charge in [0.1, 0.15) is 5.75 Å². The molecule has 0 N–H and O–H groups in total. The first-order valence-corrected chi connectivity index (χ1v) is 7.13. The molecule has 1 aliphatic rings. The van der Waals surface area contributed by atoms with Gasteiger partial charge in [0.2, 0.25) is 0 Å². The van der Waals surface area contributed by atoms with E-state index in [1.165, 1.54) is 44.3 Å². The van der Waals surface area contributed by atoms with Crippen molar-refractivity contribution in [2.45, 2.75) is 32.2 Å². The molecule has 1 saturated heterocycles. The second-order valence-corrected chi connectivity index (χ2v) is 5.56. The molecule has 0 radical (unpaired) electrons. The highest BCUT2D eigenvalue weighted by Gasteiger charge is 2.12. The van der Waals surface area contributed by atoms with E-state index in [1.807, 2.05) is 6.07 Å². The lowest BCUT2D eigenvalue weighted by atomic mass is 10.2. The standard InChI is InChI=1S/C14H20BrNO/c1-17-14-10-13(15)7-6-12(14)11-16-8-4-2-3-5-9-16/h6-7,10H,2-5,8-9,11H2,1H3. The molecule has 1 aromatic rings. The van der Waals surface area contributed by atoms with Crippen molar-refractivity contribution >= 4 is 15.9 Å². The predicted molar refractivity (Wildman–Crippen MR) is 74.4 cm³/mol. The Morgan fingerprint density at radius 2 is 1.88 bits per heavy atom. The lowest BCUT2D eigenvalue weighted by Gasteiger charge is -2.21. The van der Waals surface area contributed by atoms with Gasteiger partial charge in [-0.3, -0.25) is 4.90 Å². The topological polar surface area (TPSA) is 12.5 Å². The van der Waals surface area contributed by atoms with Gasteiger partial charge in [-0.25, -0.2) is 0 Å². The number of halogens is 1. The van der Waals surface area contributed by atoms with Crippen LogP contribution in [-0.4, -0.2) is 25.1 Å². The van der Waals surface area contributed by atoms with Crippen molar-refractivity contribution in [3.63, 3.8) is 0 Å². The van der Waals surface area contributed by atoms with Gasteiger partial charge < -0.3 is 4.74 Å². The molecule has 1 fully saturated rings. The van der Waals surface area contributed by atoms with Crippen molar-refractivity contribution in [1.82, 2.24) is 4.90 Å². The zero-order chi connectivity index (χ0) is 12.1. The van der Waals surface area contributed by atoms with Crippen molar-refractivity contribution in [1.29, 1.82) is 0 Å². The maximum Gasteiger partial charge on any atom is 0.124 e. The van der Waals surface area contributed by atoms with Crippen molar-refractivity contribution < 1.29 is 4.74 Å². The number of ether oxygens (including phenoxy) is 1. The fourth-order valence-corrected chi connectivity index (χ4v) is 2.72. The third-order valence-electron chi connectivity index (χ3n) is 3.34. The second kappa shape index (κ2) is 6.41. The highest BCUT2D eigenvalue weighted by molar-refractivity contribution is 9.10. The molecule has 2 rings (SSSR count). The highest BCUT2D eigenvalue weighted by Crippen LogP contribution is 2.25. The van der Waals surface area contributed by atoms with E-state index in [0.29, 0.717) is 0 Å². The molecule has 0 saturated carbocycles. The molecule has 1 heterocycles. The summed E-state index contributed by atoms with van der Waals surface area (Å²) in [7, 11) is 1.74. The van der Waals surface area contributed by atoms with Gasteiger partial charge in [-0.15, -0.1) is 0 Å². The summed E-state index contributed by atoms with van der Waals surface area (Å²) < 4.78 is 6.52. The monoisotopic (exact) mass is 297 g/mol. The smallest absolute Gasteiger partial charge is 0.124 e. The first-order chi connectivity index (χ1) is 8.29. The number of benzene rings is 1. The minimum Gasteiger partial charge on any atom is -0.496 e. The van der Waals surface area contributed by atoms with Crippen LogP contribution in [0.25, 0.3) is 0 Å². The first kappa shape index (κ1) is 12.9. The molecular formula is C14H20BrNO. The van der Waals surface area contributed by atoms with Gasteiger partial charge in [0, 0.05) is 16.6 Å². The summed E-state index contributed by atoms with van der Waals surface area (Å²) in [6.07, 6.45) is 5.43. The molecule has 0 unspecified atom stereocenters. The van der Waals surface area contributed by atoms with Crippen LogP contribution in [0.15, 0.2) is 22.7 Å². The molecule has 1 aliphatic heterocycles. The summed E-state index contributed by atoms with van der Waals surface area (Å²) in [5, 5.41) is 0. The summed E-state index contributed by atoms with van der Waals surface area (Å²) in [5.74, 6) is 0.989. The van der Waals surface area contributed by atoms with Crippen molar-refractivity contribution in [3.05, 3.63) is 28.2 Å². The van der Waals surface area contributed by atoms with E-state index < -0.39 is 0 Å². The molecule has 3 heteroatoms. The van der Waals surface area contributed by atoms with Gasteiger partial charge in [0.05, 0.1) is 7.11 Å². The summed E-state index contributed by atoms with van der Waals surface area (Å²) >= 11 is 3.48. The van der Waals surface area contributed by atoms with Crippen LogP contribution in [0.4, 0.5) is 0 Å². The lowest BCUT2D eigenvalue weighted by Crippen LogP contribution is -2.24. The maximum atomic E-state index is 5.44. The third-order valence-corrected chi connectivity index (χ3v) is 3.84. The molecule has 0 aliphatic carbocycles. The average Bonchev–Trinajstić information content (AvgIpc) is 2.60. The van der Waals surface area contributed by atoms with Gasteiger partial charge in [0.15, 0.2) is 0 Å². The number of hydrogen-bond donors (Lipinski definition) is 0. The summed E-state index contributed by atoms with van der Waals surface area (Å²) in [6, 6.07) is 6.30. The Labute approximate surface area is 112 Å². The van der Waals surface area contributed by atoms with Crippen LogP contribution < -0.4 is 4.74 Å². The van der Waals surface area contributed by atoms with E-state index in [-0.39, 0.29) is 0 Å². The predicted octanol–water partition coefficient (Wildman–Crippen LogP) is 3.83. The molecule has 94 valence electrons. The summed E-state index contributed by atoms with van der Waals surface area (Å²) in [4.78, 5) is 2.54. The molecule has 2 nitrogen and oxygen atoms in total. The van der Waals surface area contributed by atoms with E-state index in [9.17, 15) is 0 Å². The fraction of sp³-hybridized carbons (Fsp3) is 0.571.